The summed E-state index contributed by atoms with van der Waals surface area (Å²) < 4.78 is 0. The van der Waals surface area contributed by atoms with Crippen LogP contribution in [-0.2, 0) is 11.2 Å². The third-order valence-corrected chi connectivity index (χ3v) is 6.56. The molecule has 3 aliphatic rings. The number of nitrogens with zero attached hydrogens (tertiary/aromatic N) is 1. The van der Waals surface area contributed by atoms with Gasteiger partial charge in [-0.2, -0.15) is 0 Å². The standard InChI is InChI=1S/C19H19N3O2S/c23-17(10-13-4-3-9-25-13)22-12-7-8-16(22)19(11-12)20-15-6-2-1-5-14(15)18(24)21-19/h1-6,9,12,16,20H,7-8,10-11H2,(H,21,24)/t12-,16-,19+/m0/s1. The van der Waals surface area contributed by atoms with Crippen LogP contribution in [0.1, 0.15) is 34.5 Å². The molecule has 2 N–H and O–H groups in total. The molecule has 2 saturated heterocycles. The molecule has 25 heavy (non-hydrogen) atoms. The number of carbonyl (C=O) groups is 2. The minimum atomic E-state index is -0.528. The van der Waals surface area contributed by atoms with E-state index >= 15 is 0 Å². The molecule has 5 rings (SSSR count). The fourth-order valence-corrected chi connectivity index (χ4v) is 5.40. The summed E-state index contributed by atoms with van der Waals surface area (Å²) in [5, 5.41) is 8.74. The van der Waals surface area contributed by atoms with Crippen molar-refractivity contribution in [2.24, 2.45) is 0 Å². The zero-order valence-corrected chi connectivity index (χ0v) is 14.5. The Labute approximate surface area is 150 Å². The van der Waals surface area contributed by atoms with Crippen LogP contribution in [0.5, 0.6) is 0 Å². The van der Waals surface area contributed by atoms with E-state index in [1.165, 1.54) is 0 Å². The van der Waals surface area contributed by atoms with Gasteiger partial charge in [0, 0.05) is 23.0 Å². The first kappa shape index (κ1) is 15.0. The highest BCUT2D eigenvalue weighted by Gasteiger charge is 2.59. The molecule has 2 aromatic rings. The Bertz CT molecular complexity index is 850. The molecule has 2 fully saturated rings. The molecule has 4 heterocycles. The molecule has 0 unspecified atom stereocenters. The number of hydrogen-bond acceptors (Lipinski definition) is 4. The number of nitrogens with one attached hydrogen (secondary N) is 2. The third kappa shape index (κ3) is 2.20. The predicted molar refractivity (Wildman–Crippen MR) is 96.6 cm³/mol. The Hall–Kier alpha value is -2.34. The van der Waals surface area contributed by atoms with Gasteiger partial charge in [-0.1, -0.05) is 18.2 Å². The van der Waals surface area contributed by atoms with E-state index in [-0.39, 0.29) is 23.9 Å². The fourth-order valence-electron chi connectivity index (χ4n) is 4.71. The molecule has 1 aromatic heterocycles. The number of amides is 2. The average molecular weight is 353 g/mol. The molecule has 128 valence electrons. The van der Waals surface area contributed by atoms with Crippen molar-refractivity contribution in [2.45, 2.75) is 43.4 Å². The van der Waals surface area contributed by atoms with Crippen molar-refractivity contribution in [3.05, 3.63) is 52.2 Å². The molecular weight excluding hydrogens is 334 g/mol. The van der Waals surface area contributed by atoms with Gasteiger partial charge in [-0.25, -0.2) is 0 Å². The summed E-state index contributed by atoms with van der Waals surface area (Å²) in [6.07, 6.45) is 3.16. The summed E-state index contributed by atoms with van der Waals surface area (Å²) in [7, 11) is 0. The topological polar surface area (TPSA) is 61.4 Å². The van der Waals surface area contributed by atoms with Crippen LogP contribution in [0.25, 0.3) is 0 Å². The van der Waals surface area contributed by atoms with Gasteiger partial charge in [0.1, 0.15) is 5.66 Å². The van der Waals surface area contributed by atoms with E-state index in [1.54, 1.807) is 11.3 Å². The van der Waals surface area contributed by atoms with E-state index < -0.39 is 5.66 Å². The molecule has 3 aliphatic heterocycles. The summed E-state index contributed by atoms with van der Waals surface area (Å²) >= 11 is 1.62. The van der Waals surface area contributed by atoms with E-state index in [0.717, 1.165) is 29.8 Å². The van der Waals surface area contributed by atoms with Crippen molar-refractivity contribution in [1.82, 2.24) is 10.2 Å². The van der Waals surface area contributed by atoms with Crippen molar-refractivity contribution in [3.8, 4) is 0 Å². The van der Waals surface area contributed by atoms with Crippen LogP contribution in [0, 0.1) is 0 Å². The fraction of sp³-hybridized carbons (Fsp3) is 0.368. The van der Waals surface area contributed by atoms with Crippen LogP contribution in [0.2, 0.25) is 0 Å². The quantitative estimate of drug-likeness (QED) is 0.872. The Morgan fingerprint density at radius 3 is 2.92 bits per heavy atom. The van der Waals surface area contributed by atoms with Gasteiger partial charge in [0.05, 0.1) is 18.0 Å². The molecule has 1 spiro atoms. The lowest BCUT2D eigenvalue weighted by atomic mass is 9.86. The number of hydrogen-bond donors (Lipinski definition) is 2. The molecule has 0 saturated carbocycles. The van der Waals surface area contributed by atoms with E-state index in [1.807, 2.05) is 46.7 Å². The van der Waals surface area contributed by atoms with E-state index in [4.69, 9.17) is 0 Å². The molecular formula is C19H19N3O2S. The zero-order valence-electron chi connectivity index (χ0n) is 13.7. The third-order valence-electron chi connectivity index (χ3n) is 5.69. The lowest BCUT2D eigenvalue weighted by Crippen LogP contribution is -2.64. The Morgan fingerprint density at radius 2 is 2.08 bits per heavy atom. The molecule has 6 heteroatoms. The summed E-state index contributed by atoms with van der Waals surface area (Å²) in [6.45, 7) is 0. The maximum absolute atomic E-state index is 12.9. The Balaban J connectivity index is 1.44. The van der Waals surface area contributed by atoms with Gasteiger partial charge in [-0.15, -0.1) is 11.3 Å². The van der Waals surface area contributed by atoms with Gasteiger partial charge in [-0.3, -0.25) is 9.59 Å². The first-order chi connectivity index (χ1) is 12.2. The molecule has 0 radical (unpaired) electrons. The summed E-state index contributed by atoms with van der Waals surface area (Å²) in [5.41, 5.74) is 1.01. The Morgan fingerprint density at radius 1 is 1.20 bits per heavy atom. The van der Waals surface area contributed by atoms with Crippen molar-refractivity contribution in [2.75, 3.05) is 5.32 Å². The second-order valence-electron chi connectivity index (χ2n) is 7.10. The van der Waals surface area contributed by atoms with Gasteiger partial charge in [-0.05, 0) is 36.4 Å². The van der Waals surface area contributed by atoms with E-state index in [9.17, 15) is 9.59 Å². The number of anilines is 1. The number of benzene rings is 1. The smallest absolute Gasteiger partial charge is 0.255 e. The van der Waals surface area contributed by atoms with Crippen LogP contribution in [-0.4, -0.2) is 34.5 Å². The predicted octanol–water partition coefficient (Wildman–Crippen LogP) is 2.61. The van der Waals surface area contributed by atoms with Gasteiger partial charge < -0.3 is 15.5 Å². The molecule has 1 aromatic carbocycles. The van der Waals surface area contributed by atoms with Gasteiger partial charge in [0.25, 0.3) is 5.91 Å². The molecule has 5 nitrogen and oxygen atoms in total. The van der Waals surface area contributed by atoms with E-state index in [2.05, 4.69) is 10.6 Å². The largest absolute Gasteiger partial charge is 0.360 e. The van der Waals surface area contributed by atoms with Crippen LogP contribution in [0.3, 0.4) is 0 Å². The van der Waals surface area contributed by atoms with Crippen molar-refractivity contribution in [3.63, 3.8) is 0 Å². The summed E-state index contributed by atoms with van der Waals surface area (Å²) in [4.78, 5) is 28.6. The normalized spacial score (nSPS) is 29.4. The first-order valence-corrected chi connectivity index (χ1v) is 9.57. The summed E-state index contributed by atoms with van der Waals surface area (Å²) in [6, 6.07) is 11.8. The van der Waals surface area contributed by atoms with Gasteiger partial charge >= 0.3 is 0 Å². The zero-order chi connectivity index (χ0) is 17.0. The Kier molecular flexibility index (Phi) is 3.19. The molecule has 3 atom stereocenters. The monoisotopic (exact) mass is 353 g/mol. The maximum atomic E-state index is 12.9. The van der Waals surface area contributed by atoms with Gasteiger partial charge in [0.2, 0.25) is 5.91 Å². The highest BCUT2D eigenvalue weighted by Crippen LogP contribution is 2.46. The number of thiophene rings is 1. The van der Waals surface area contributed by atoms with Gasteiger partial charge in [0.15, 0.2) is 0 Å². The number of para-hydroxylation sites is 1. The minimum Gasteiger partial charge on any atom is -0.360 e. The number of carbonyl (C=O) groups excluding carboxylic acids is 2. The second-order valence-corrected chi connectivity index (χ2v) is 8.14. The van der Waals surface area contributed by atoms with Crippen molar-refractivity contribution < 1.29 is 9.59 Å². The molecule has 0 aliphatic carbocycles. The first-order valence-electron chi connectivity index (χ1n) is 8.69. The average Bonchev–Trinajstić information content (AvgIpc) is 3.30. The highest BCUT2D eigenvalue weighted by molar-refractivity contribution is 7.10. The number of fused-ring (bicyclic) bond motifs is 4. The minimum absolute atomic E-state index is 0.0160. The molecule has 2 bridgehead atoms. The van der Waals surface area contributed by atoms with Crippen LogP contribution in [0.15, 0.2) is 41.8 Å². The van der Waals surface area contributed by atoms with Crippen molar-refractivity contribution >= 4 is 28.8 Å². The second kappa shape index (κ2) is 5.33. The van der Waals surface area contributed by atoms with Crippen LogP contribution < -0.4 is 10.6 Å². The van der Waals surface area contributed by atoms with E-state index in [0.29, 0.717) is 12.0 Å². The van der Waals surface area contributed by atoms with Crippen LogP contribution in [0.4, 0.5) is 5.69 Å². The summed E-state index contributed by atoms with van der Waals surface area (Å²) in [5.74, 6) is 0.120. The number of rotatable bonds is 2. The lowest BCUT2D eigenvalue weighted by Gasteiger charge is -2.43. The highest BCUT2D eigenvalue weighted by atomic mass is 32.1. The lowest BCUT2D eigenvalue weighted by molar-refractivity contribution is -0.132. The SMILES string of the molecule is O=C1N[C@@]2(C[C@@H]3CC[C@@H]2N3C(=O)Cc2cccs2)Nc2ccccc21. The maximum Gasteiger partial charge on any atom is 0.255 e. The molecule has 2 amide bonds. The van der Waals surface area contributed by atoms with Crippen LogP contribution >= 0.6 is 11.3 Å². The van der Waals surface area contributed by atoms with Crippen molar-refractivity contribution in [1.29, 1.82) is 0 Å².